The van der Waals surface area contributed by atoms with E-state index >= 15 is 0 Å². The van der Waals surface area contributed by atoms with Crippen LogP contribution in [-0.4, -0.2) is 0 Å². The van der Waals surface area contributed by atoms with Crippen LogP contribution in [0.5, 0.6) is 0 Å². The predicted octanol–water partition coefficient (Wildman–Crippen LogP) is 13.7. The Hall–Kier alpha value is -6.64. The Balaban J connectivity index is 1.14. The van der Waals surface area contributed by atoms with Crippen LogP contribution >= 0.6 is 0 Å². The number of furan rings is 1. The summed E-state index contributed by atoms with van der Waals surface area (Å²) in [6.07, 6.45) is 0. The van der Waals surface area contributed by atoms with Gasteiger partial charge in [-0.2, -0.15) is 0 Å². The zero-order valence-electron chi connectivity index (χ0n) is 27.4. The SMILES string of the molecule is c1ccc(-c2ccccc2N(c2ccc(-c3cccc(-c4oc5ccccc5c4-c4ccccc4)c3)cc2)c2ccc3ccccc3c2)cc1. The van der Waals surface area contributed by atoms with Crippen LogP contribution in [0.15, 0.2) is 205 Å². The summed E-state index contributed by atoms with van der Waals surface area (Å²) in [7, 11) is 0. The Labute approximate surface area is 292 Å². The number of benzene rings is 8. The Morgan fingerprint density at radius 2 is 0.980 bits per heavy atom. The third-order valence-corrected chi connectivity index (χ3v) is 9.46. The van der Waals surface area contributed by atoms with Crippen LogP contribution in [0.25, 0.3) is 66.4 Å². The smallest absolute Gasteiger partial charge is 0.143 e. The van der Waals surface area contributed by atoms with Crippen LogP contribution in [-0.2, 0) is 0 Å². The van der Waals surface area contributed by atoms with Crippen LogP contribution < -0.4 is 4.90 Å². The molecule has 0 saturated carbocycles. The molecule has 1 aromatic heterocycles. The highest BCUT2D eigenvalue weighted by molar-refractivity contribution is 6.02. The molecular weight excluding hydrogens is 607 g/mol. The minimum absolute atomic E-state index is 0.885. The summed E-state index contributed by atoms with van der Waals surface area (Å²) < 4.78 is 6.55. The number of hydrogen-bond acceptors (Lipinski definition) is 2. The van der Waals surface area contributed by atoms with Crippen molar-refractivity contribution in [2.45, 2.75) is 0 Å². The van der Waals surface area contributed by atoms with Gasteiger partial charge in [0, 0.05) is 33.5 Å². The molecule has 1 heterocycles. The van der Waals surface area contributed by atoms with Crippen LogP contribution in [0.3, 0.4) is 0 Å². The van der Waals surface area contributed by atoms with Crippen molar-refractivity contribution >= 4 is 38.8 Å². The molecule has 0 aliphatic carbocycles. The lowest BCUT2D eigenvalue weighted by Crippen LogP contribution is -2.11. The van der Waals surface area contributed by atoms with Crippen molar-refractivity contribution in [2.24, 2.45) is 0 Å². The first-order valence-corrected chi connectivity index (χ1v) is 17.0. The van der Waals surface area contributed by atoms with Crippen molar-refractivity contribution < 1.29 is 4.42 Å². The highest BCUT2D eigenvalue weighted by Crippen LogP contribution is 2.44. The molecule has 0 bridgehead atoms. The van der Waals surface area contributed by atoms with E-state index in [0.717, 1.165) is 61.6 Å². The molecule has 0 fully saturated rings. The fraction of sp³-hybridized carbons (Fsp3) is 0. The fourth-order valence-corrected chi connectivity index (χ4v) is 7.06. The lowest BCUT2D eigenvalue weighted by molar-refractivity contribution is 0.632. The molecule has 2 heteroatoms. The maximum absolute atomic E-state index is 6.55. The van der Waals surface area contributed by atoms with Crippen molar-refractivity contribution in [3.8, 4) is 44.7 Å². The van der Waals surface area contributed by atoms with Gasteiger partial charge in [-0.25, -0.2) is 0 Å². The minimum Gasteiger partial charge on any atom is -0.455 e. The molecule has 0 amide bonds. The molecule has 0 N–H and O–H groups in total. The van der Waals surface area contributed by atoms with Crippen molar-refractivity contribution in [1.82, 2.24) is 0 Å². The molecular formula is C48H33NO. The van der Waals surface area contributed by atoms with Gasteiger partial charge >= 0.3 is 0 Å². The van der Waals surface area contributed by atoms with Gasteiger partial charge in [0.25, 0.3) is 0 Å². The van der Waals surface area contributed by atoms with Gasteiger partial charge in [0.15, 0.2) is 0 Å². The van der Waals surface area contributed by atoms with E-state index in [2.05, 4.69) is 193 Å². The number of anilines is 3. The van der Waals surface area contributed by atoms with Gasteiger partial charge in [0.05, 0.1) is 5.69 Å². The summed E-state index contributed by atoms with van der Waals surface area (Å²) >= 11 is 0. The van der Waals surface area contributed by atoms with Gasteiger partial charge in [-0.1, -0.05) is 158 Å². The topological polar surface area (TPSA) is 16.4 Å². The second kappa shape index (κ2) is 12.8. The molecule has 50 heavy (non-hydrogen) atoms. The van der Waals surface area contributed by atoms with E-state index in [4.69, 9.17) is 4.42 Å². The normalized spacial score (nSPS) is 11.2. The van der Waals surface area contributed by atoms with Crippen molar-refractivity contribution in [3.63, 3.8) is 0 Å². The zero-order chi connectivity index (χ0) is 33.3. The second-order valence-electron chi connectivity index (χ2n) is 12.5. The lowest BCUT2D eigenvalue weighted by atomic mass is 9.96. The molecule has 9 aromatic rings. The van der Waals surface area contributed by atoms with Crippen molar-refractivity contribution in [2.75, 3.05) is 4.90 Å². The Kier molecular flexibility index (Phi) is 7.53. The summed E-state index contributed by atoms with van der Waals surface area (Å²) in [6.45, 7) is 0. The largest absolute Gasteiger partial charge is 0.455 e. The first kappa shape index (κ1) is 29.5. The average molecular weight is 640 g/mol. The summed E-state index contributed by atoms with van der Waals surface area (Å²) in [5, 5.41) is 3.55. The van der Waals surface area contributed by atoms with E-state index in [-0.39, 0.29) is 0 Å². The fourth-order valence-electron chi connectivity index (χ4n) is 7.06. The van der Waals surface area contributed by atoms with E-state index < -0.39 is 0 Å². The summed E-state index contributed by atoms with van der Waals surface area (Å²) in [6, 6.07) is 71.0. The van der Waals surface area contributed by atoms with E-state index in [1.54, 1.807) is 0 Å². The van der Waals surface area contributed by atoms with Crippen LogP contribution in [0.1, 0.15) is 0 Å². The Morgan fingerprint density at radius 3 is 1.80 bits per heavy atom. The molecule has 0 radical (unpaired) electrons. The lowest BCUT2D eigenvalue weighted by Gasteiger charge is -2.28. The van der Waals surface area contributed by atoms with E-state index in [1.807, 2.05) is 12.1 Å². The Bertz CT molecular complexity index is 2580. The van der Waals surface area contributed by atoms with E-state index in [9.17, 15) is 0 Å². The molecule has 236 valence electrons. The quantitative estimate of drug-likeness (QED) is 0.173. The van der Waals surface area contributed by atoms with E-state index in [0.29, 0.717) is 0 Å². The predicted molar refractivity (Wildman–Crippen MR) is 210 cm³/mol. The summed E-state index contributed by atoms with van der Waals surface area (Å²) in [4.78, 5) is 2.37. The first-order valence-electron chi connectivity index (χ1n) is 17.0. The number of hydrogen-bond donors (Lipinski definition) is 0. The highest BCUT2D eigenvalue weighted by atomic mass is 16.3. The first-order chi connectivity index (χ1) is 24.8. The maximum Gasteiger partial charge on any atom is 0.143 e. The number of fused-ring (bicyclic) bond motifs is 2. The highest BCUT2D eigenvalue weighted by Gasteiger charge is 2.19. The number of para-hydroxylation sites is 2. The van der Waals surface area contributed by atoms with Gasteiger partial charge in [-0.15, -0.1) is 0 Å². The van der Waals surface area contributed by atoms with E-state index in [1.165, 1.54) is 21.9 Å². The van der Waals surface area contributed by atoms with Gasteiger partial charge in [0.1, 0.15) is 11.3 Å². The monoisotopic (exact) mass is 639 g/mol. The van der Waals surface area contributed by atoms with Gasteiger partial charge in [-0.05, 0) is 75.5 Å². The molecule has 0 aliphatic heterocycles. The Morgan fingerprint density at radius 1 is 0.360 bits per heavy atom. The summed E-state index contributed by atoms with van der Waals surface area (Å²) in [5.41, 5.74) is 12.2. The molecule has 0 aliphatic rings. The standard InChI is InChI=1S/C48H33NO/c1-3-15-36(16-4-1)43-22-9-11-24-45(43)49(42-31-28-34-14-7-8-19-39(34)33-42)41-29-26-35(27-30-41)38-20-13-21-40(32-38)48-47(37-17-5-2-6-18-37)44-23-10-12-25-46(44)50-48/h1-33H. The third-order valence-electron chi connectivity index (χ3n) is 9.46. The van der Waals surface area contributed by atoms with Gasteiger partial charge < -0.3 is 9.32 Å². The van der Waals surface area contributed by atoms with Crippen molar-refractivity contribution in [1.29, 1.82) is 0 Å². The zero-order valence-corrected chi connectivity index (χ0v) is 27.4. The number of nitrogens with zero attached hydrogens (tertiary/aromatic N) is 1. The molecule has 2 nitrogen and oxygen atoms in total. The third kappa shape index (κ3) is 5.43. The van der Waals surface area contributed by atoms with Crippen LogP contribution in [0.2, 0.25) is 0 Å². The number of rotatable bonds is 7. The molecule has 8 aromatic carbocycles. The second-order valence-corrected chi connectivity index (χ2v) is 12.5. The molecule has 0 atom stereocenters. The van der Waals surface area contributed by atoms with Gasteiger partial charge in [-0.3, -0.25) is 0 Å². The molecule has 0 unspecified atom stereocenters. The maximum atomic E-state index is 6.55. The minimum atomic E-state index is 0.885. The molecule has 9 rings (SSSR count). The average Bonchev–Trinajstić information content (AvgIpc) is 3.59. The van der Waals surface area contributed by atoms with Crippen LogP contribution in [0.4, 0.5) is 17.1 Å². The molecule has 0 saturated heterocycles. The van der Waals surface area contributed by atoms with Crippen molar-refractivity contribution in [3.05, 3.63) is 200 Å². The van der Waals surface area contributed by atoms with Gasteiger partial charge in [0.2, 0.25) is 0 Å². The van der Waals surface area contributed by atoms with Crippen LogP contribution in [0, 0.1) is 0 Å². The molecule has 0 spiro atoms. The summed E-state index contributed by atoms with van der Waals surface area (Å²) in [5.74, 6) is 0.885.